The van der Waals surface area contributed by atoms with Crippen molar-refractivity contribution in [2.45, 2.75) is 50.7 Å². The average Bonchev–Trinajstić information content (AvgIpc) is 3.36. The summed E-state index contributed by atoms with van der Waals surface area (Å²) in [4.78, 5) is 39.8. The van der Waals surface area contributed by atoms with Crippen LogP contribution in [0.4, 0.5) is 4.39 Å². The van der Waals surface area contributed by atoms with E-state index in [9.17, 15) is 19.1 Å². The quantitative estimate of drug-likeness (QED) is 0.158. The number of likely N-dealkylation sites (N-methyl/N-ethyl adjacent to an activating group) is 1. The number of carbonyl (C=O) groups excluding carboxylic acids is 2. The predicted molar refractivity (Wildman–Crippen MR) is 198 cm³/mol. The molecule has 268 valence electrons. The lowest BCUT2D eigenvalue weighted by Gasteiger charge is -2.29. The summed E-state index contributed by atoms with van der Waals surface area (Å²) in [5.41, 5.74) is 3.98. The Labute approximate surface area is 302 Å². The maximum atomic E-state index is 14.5. The number of para-hydroxylation sites is 1. The third kappa shape index (κ3) is 8.55. The average molecular weight is 703 g/mol. The summed E-state index contributed by atoms with van der Waals surface area (Å²) in [5.74, 6) is -0.691. The number of hydrogen-bond acceptors (Lipinski definition) is 8. The third-order valence-corrected chi connectivity index (χ3v) is 9.95. The number of halogens is 1. The molecular weight excluding hydrogens is 659 g/mol. The molecule has 2 aliphatic rings. The van der Waals surface area contributed by atoms with E-state index in [1.54, 1.807) is 18.2 Å². The van der Waals surface area contributed by atoms with Gasteiger partial charge >= 0.3 is 0 Å². The molecule has 3 N–H and O–H groups in total. The minimum absolute atomic E-state index is 0.000313. The number of rotatable bonds is 9. The highest BCUT2D eigenvalue weighted by atomic mass is 19.1. The van der Waals surface area contributed by atoms with Gasteiger partial charge in [0.2, 0.25) is 5.88 Å². The normalized spacial score (nSPS) is 18.4. The Kier molecular flexibility index (Phi) is 10.7. The van der Waals surface area contributed by atoms with Gasteiger partial charge in [-0.25, -0.2) is 14.4 Å². The van der Waals surface area contributed by atoms with Crippen molar-refractivity contribution in [1.82, 2.24) is 30.4 Å². The number of ether oxygens (including phenoxy) is 1. The van der Waals surface area contributed by atoms with Crippen LogP contribution in [0.25, 0.3) is 22.0 Å². The van der Waals surface area contributed by atoms with Crippen LogP contribution in [0.2, 0.25) is 0 Å². The summed E-state index contributed by atoms with van der Waals surface area (Å²) in [6, 6.07) is 25.1. The van der Waals surface area contributed by atoms with Crippen molar-refractivity contribution >= 4 is 22.7 Å². The zero-order valence-electron chi connectivity index (χ0n) is 29.2. The summed E-state index contributed by atoms with van der Waals surface area (Å²) in [5, 5.41) is 17.4. The number of phenols is 1. The van der Waals surface area contributed by atoms with Crippen LogP contribution in [0.1, 0.15) is 58.5 Å². The highest BCUT2D eigenvalue weighted by molar-refractivity contribution is 5.97. The van der Waals surface area contributed by atoms with Crippen molar-refractivity contribution in [2.24, 2.45) is 0 Å². The molecule has 0 bridgehead atoms. The first-order valence-corrected chi connectivity index (χ1v) is 17.9. The molecule has 10 nitrogen and oxygen atoms in total. The molecule has 1 aliphatic carbocycles. The summed E-state index contributed by atoms with van der Waals surface area (Å²) in [6.07, 6.45) is 4.76. The summed E-state index contributed by atoms with van der Waals surface area (Å²) >= 11 is 0. The van der Waals surface area contributed by atoms with Gasteiger partial charge in [-0.3, -0.25) is 14.5 Å². The van der Waals surface area contributed by atoms with Crippen molar-refractivity contribution in [1.29, 1.82) is 0 Å². The molecule has 0 radical (unpaired) electrons. The molecule has 2 aromatic heterocycles. The summed E-state index contributed by atoms with van der Waals surface area (Å²) < 4.78 is 20.6. The SMILES string of the molecule is CN1CCCN(Cc2cc(O)ccc2-c2cccc(Oc3ncc(F)cc3C(=O)N[C@H]3CC[C@@H](NC(=O)c4ccc5ccccc5n4)CC3)c2)CC1. The first-order chi connectivity index (χ1) is 25.3. The molecule has 2 amide bonds. The number of benzene rings is 3. The van der Waals surface area contributed by atoms with Crippen LogP contribution in [0.5, 0.6) is 17.4 Å². The molecule has 0 unspecified atom stereocenters. The monoisotopic (exact) mass is 702 g/mol. The number of phenolic OH excluding ortho intramolecular Hbond substituents is 1. The molecule has 5 aromatic rings. The second-order valence-electron chi connectivity index (χ2n) is 13.8. The lowest BCUT2D eigenvalue weighted by Crippen LogP contribution is -2.44. The molecular formula is C41H43FN6O4. The number of nitrogens with zero attached hydrogens (tertiary/aromatic N) is 4. The molecule has 3 heterocycles. The van der Waals surface area contributed by atoms with E-state index in [0.717, 1.165) is 72.5 Å². The van der Waals surface area contributed by atoms with Gasteiger partial charge in [0.25, 0.3) is 11.8 Å². The number of pyridine rings is 2. The van der Waals surface area contributed by atoms with Gasteiger partial charge in [-0.05, 0) is 111 Å². The molecule has 7 rings (SSSR count). The topological polar surface area (TPSA) is 120 Å². The van der Waals surface area contributed by atoms with Gasteiger partial charge in [-0.15, -0.1) is 0 Å². The first-order valence-electron chi connectivity index (χ1n) is 17.9. The Morgan fingerprint density at radius 2 is 1.65 bits per heavy atom. The summed E-state index contributed by atoms with van der Waals surface area (Å²) in [7, 11) is 2.14. The maximum absolute atomic E-state index is 14.5. The molecule has 2 fully saturated rings. The van der Waals surface area contributed by atoms with E-state index in [1.807, 2.05) is 60.7 Å². The molecule has 11 heteroatoms. The van der Waals surface area contributed by atoms with E-state index in [4.69, 9.17) is 4.74 Å². The lowest BCUT2D eigenvalue weighted by molar-refractivity contribution is 0.0887. The molecule has 0 spiro atoms. The standard InChI is InChI=1S/C41H43FN6O4/c1-47-18-5-19-48(21-20-47)26-29-22-33(49)15-16-35(29)28-7-4-8-34(23-28)52-41-36(24-30(42)25-43-41)39(50)44-31-11-13-32(14-12-31)45-40(51)38-17-10-27-6-2-3-9-37(27)46-38/h2-4,6-10,15-17,22-25,31-32,49H,5,11-14,18-21,26H2,1H3,(H,44,50)(H,45,51)/t31-,32+. The molecule has 52 heavy (non-hydrogen) atoms. The zero-order valence-corrected chi connectivity index (χ0v) is 29.2. The van der Waals surface area contributed by atoms with Gasteiger partial charge < -0.3 is 25.4 Å². The van der Waals surface area contributed by atoms with Gasteiger partial charge in [0.05, 0.1) is 11.7 Å². The van der Waals surface area contributed by atoms with E-state index >= 15 is 0 Å². The van der Waals surface area contributed by atoms with Crippen LogP contribution in [0.3, 0.4) is 0 Å². The van der Waals surface area contributed by atoms with Crippen molar-refractivity contribution in [3.63, 3.8) is 0 Å². The summed E-state index contributed by atoms with van der Waals surface area (Å²) in [6.45, 7) is 4.67. The second kappa shape index (κ2) is 15.9. The van der Waals surface area contributed by atoms with E-state index in [-0.39, 0.29) is 35.2 Å². The van der Waals surface area contributed by atoms with E-state index in [1.165, 1.54) is 0 Å². The van der Waals surface area contributed by atoms with Gasteiger partial charge in [0.1, 0.15) is 28.6 Å². The number of carbonyl (C=O) groups is 2. The van der Waals surface area contributed by atoms with Crippen molar-refractivity contribution < 1.29 is 23.8 Å². The van der Waals surface area contributed by atoms with Gasteiger partial charge in [0, 0.05) is 37.1 Å². The number of aromatic hydroxyl groups is 1. The molecule has 1 saturated carbocycles. The van der Waals surface area contributed by atoms with Gasteiger partial charge in [0.15, 0.2) is 0 Å². The fourth-order valence-corrected chi connectivity index (χ4v) is 7.10. The highest BCUT2D eigenvalue weighted by Gasteiger charge is 2.26. The van der Waals surface area contributed by atoms with E-state index < -0.39 is 11.7 Å². The Morgan fingerprint density at radius 1 is 0.865 bits per heavy atom. The smallest absolute Gasteiger partial charge is 0.270 e. The first kappa shape index (κ1) is 35.0. The van der Waals surface area contributed by atoms with Crippen molar-refractivity contribution in [3.05, 3.63) is 114 Å². The minimum atomic E-state index is -0.645. The Hall–Kier alpha value is -5.39. The van der Waals surface area contributed by atoms with Crippen LogP contribution in [0.15, 0.2) is 91.1 Å². The highest BCUT2D eigenvalue weighted by Crippen LogP contribution is 2.33. The number of fused-ring (bicyclic) bond motifs is 1. The number of aromatic nitrogens is 2. The minimum Gasteiger partial charge on any atom is -0.508 e. The number of amides is 2. The van der Waals surface area contributed by atoms with E-state index in [0.29, 0.717) is 43.7 Å². The van der Waals surface area contributed by atoms with Gasteiger partial charge in [-0.1, -0.05) is 42.5 Å². The largest absolute Gasteiger partial charge is 0.508 e. The Morgan fingerprint density at radius 3 is 2.48 bits per heavy atom. The third-order valence-electron chi connectivity index (χ3n) is 9.95. The van der Waals surface area contributed by atoms with Crippen LogP contribution in [-0.2, 0) is 6.54 Å². The van der Waals surface area contributed by atoms with Crippen LogP contribution in [0, 0.1) is 5.82 Å². The fourth-order valence-electron chi connectivity index (χ4n) is 7.10. The maximum Gasteiger partial charge on any atom is 0.270 e. The van der Waals surface area contributed by atoms with Crippen molar-refractivity contribution in [3.8, 4) is 28.5 Å². The fraction of sp³-hybridized carbons (Fsp3) is 0.317. The van der Waals surface area contributed by atoms with Crippen LogP contribution in [-0.4, -0.2) is 82.0 Å². The molecule has 1 saturated heterocycles. The molecule has 0 atom stereocenters. The van der Waals surface area contributed by atoms with Crippen LogP contribution < -0.4 is 15.4 Å². The predicted octanol–water partition coefficient (Wildman–Crippen LogP) is 6.54. The Bertz CT molecular complexity index is 2070. The molecule has 1 aliphatic heterocycles. The van der Waals surface area contributed by atoms with Gasteiger partial charge in [-0.2, -0.15) is 0 Å². The van der Waals surface area contributed by atoms with E-state index in [2.05, 4.69) is 37.4 Å². The number of nitrogens with one attached hydrogen (secondary N) is 2. The Balaban J connectivity index is 0.992. The van der Waals surface area contributed by atoms with Crippen LogP contribution >= 0.6 is 0 Å². The van der Waals surface area contributed by atoms with Crippen molar-refractivity contribution in [2.75, 3.05) is 33.2 Å². The number of hydrogen-bond donors (Lipinski definition) is 3. The zero-order chi connectivity index (χ0) is 36.0. The second-order valence-corrected chi connectivity index (χ2v) is 13.8. The lowest BCUT2D eigenvalue weighted by atomic mass is 9.91. The molecule has 3 aromatic carbocycles.